The average molecular weight is 490 g/mol. The number of thioether (sulfide) groups is 1. The van der Waals surface area contributed by atoms with Gasteiger partial charge >= 0.3 is 0 Å². The maximum absolute atomic E-state index is 13.5. The highest BCUT2D eigenvalue weighted by Crippen LogP contribution is 2.25. The lowest BCUT2D eigenvalue weighted by Crippen LogP contribution is -2.36. The fourth-order valence-electron chi connectivity index (χ4n) is 5.05. The Morgan fingerprint density at radius 3 is 2.54 bits per heavy atom. The number of nitrogens with zero attached hydrogens (tertiary/aromatic N) is 4. The third-order valence-corrected chi connectivity index (χ3v) is 7.72. The van der Waals surface area contributed by atoms with Crippen LogP contribution in [0.5, 0.6) is 0 Å². The first-order valence-electron chi connectivity index (χ1n) is 12.4. The predicted molar refractivity (Wildman–Crippen MR) is 141 cm³/mol. The number of fused-ring (bicyclic) bond motifs is 3. The van der Waals surface area contributed by atoms with Gasteiger partial charge in [-0.3, -0.25) is 14.0 Å². The molecule has 2 aromatic heterocycles. The summed E-state index contributed by atoms with van der Waals surface area (Å²) in [5.74, 6) is 0.724. The summed E-state index contributed by atoms with van der Waals surface area (Å²) in [7, 11) is 0. The van der Waals surface area contributed by atoms with Gasteiger partial charge < -0.3 is 5.32 Å². The Kier molecular flexibility index (Phi) is 6.90. The number of aromatic nitrogens is 4. The van der Waals surface area contributed by atoms with Crippen LogP contribution < -0.4 is 10.9 Å². The van der Waals surface area contributed by atoms with Gasteiger partial charge in [-0.25, -0.2) is 4.57 Å². The molecule has 4 aromatic rings. The highest BCUT2D eigenvalue weighted by atomic mass is 32.2. The molecule has 0 aliphatic heterocycles. The number of benzene rings is 2. The van der Waals surface area contributed by atoms with Crippen LogP contribution in [-0.2, 0) is 4.79 Å². The maximum Gasteiger partial charge on any atom is 0.267 e. The number of hydrogen-bond donors (Lipinski definition) is 1. The molecule has 5 rings (SSSR count). The van der Waals surface area contributed by atoms with E-state index in [9.17, 15) is 9.59 Å². The van der Waals surface area contributed by atoms with Crippen LogP contribution >= 0.6 is 11.8 Å². The van der Waals surface area contributed by atoms with Crippen molar-refractivity contribution in [2.24, 2.45) is 0 Å². The van der Waals surface area contributed by atoms with E-state index in [0.717, 1.165) is 35.2 Å². The quantitative estimate of drug-likeness (QED) is 0.400. The molecule has 1 aliphatic carbocycles. The van der Waals surface area contributed by atoms with E-state index in [0.29, 0.717) is 16.3 Å². The molecule has 1 N–H and O–H groups in total. The zero-order chi connectivity index (χ0) is 24.4. The first-order valence-corrected chi connectivity index (χ1v) is 13.4. The summed E-state index contributed by atoms with van der Waals surface area (Å²) >= 11 is 1.36. The average Bonchev–Trinajstić information content (AvgIpc) is 3.24. The van der Waals surface area contributed by atoms with Crippen molar-refractivity contribution in [3.63, 3.8) is 0 Å². The van der Waals surface area contributed by atoms with Crippen LogP contribution in [-0.4, -0.2) is 36.9 Å². The van der Waals surface area contributed by atoms with Crippen LogP contribution in [0.1, 0.15) is 56.1 Å². The third kappa shape index (κ3) is 4.85. The number of aryl methyl sites for hydroxylation is 2. The Morgan fingerprint density at radius 1 is 1.03 bits per heavy atom. The van der Waals surface area contributed by atoms with Crippen LogP contribution in [0.4, 0.5) is 0 Å². The lowest BCUT2D eigenvalue weighted by molar-refractivity contribution is -0.119. The minimum absolute atomic E-state index is 0.0179. The summed E-state index contributed by atoms with van der Waals surface area (Å²) in [4.78, 5) is 26.3. The maximum atomic E-state index is 13.5. The van der Waals surface area contributed by atoms with E-state index in [2.05, 4.69) is 21.6 Å². The second-order valence-electron chi connectivity index (χ2n) is 9.46. The SMILES string of the molecule is Cc1ccc(-n2c(=O)c3ccccc3n3c(SCC(=O)NC4CCCCCCC4)nnc23)c(C)c1. The Balaban J connectivity index is 1.49. The van der Waals surface area contributed by atoms with Crippen LogP contribution in [0.2, 0.25) is 0 Å². The monoisotopic (exact) mass is 489 g/mol. The molecule has 7 nitrogen and oxygen atoms in total. The van der Waals surface area contributed by atoms with Crippen LogP contribution in [0.15, 0.2) is 52.4 Å². The van der Waals surface area contributed by atoms with Gasteiger partial charge in [-0.1, -0.05) is 73.7 Å². The van der Waals surface area contributed by atoms with E-state index in [4.69, 9.17) is 0 Å². The van der Waals surface area contributed by atoms with Crippen LogP contribution in [0.25, 0.3) is 22.4 Å². The van der Waals surface area contributed by atoms with Crippen LogP contribution in [0.3, 0.4) is 0 Å². The van der Waals surface area contributed by atoms with Gasteiger partial charge in [0.25, 0.3) is 5.56 Å². The summed E-state index contributed by atoms with van der Waals surface area (Å²) < 4.78 is 3.52. The number of para-hydroxylation sites is 1. The van der Waals surface area contributed by atoms with Crippen molar-refractivity contribution in [1.29, 1.82) is 0 Å². The highest BCUT2D eigenvalue weighted by molar-refractivity contribution is 7.99. The first-order chi connectivity index (χ1) is 17.0. The summed E-state index contributed by atoms with van der Waals surface area (Å²) in [5.41, 5.74) is 3.50. The third-order valence-electron chi connectivity index (χ3n) is 6.79. The molecular formula is C27H31N5O2S. The van der Waals surface area contributed by atoms with E-state index < -0.39 is 0 Å². The predicted octanol–water partition coefficient (Wildman–Crippen LogP) is 4.97. The lowest BCUT2D eigenvalue weighted by Gasteiger charge is -2.20. The lowest BCUT2D eigenvalue weighted by atomic mass is 9.97. The van der Waals surface area contributed by atoms with Gasteiger partial charge in [0.2, 0.25) is 11.7 Å². The fourth-order valence-corrected chi connectivity index (χ4v) is 5.80. The van der Waals surface area contributed by atoms with E-state index >= 15 is 0 Å². The van der Waals surface area contributed by atoms with Crippen molar-refractivity contribution in [2.45, 2.75) is 70.0 Å². The summed E-state index contributed by atoms with van der Waals surface area (Å²) in [6.45, 7) is 4.02. The second-order valence-corrected chi connectivity index (χ2v) is 10.4. The van der Waals surface area contributed by atoms with Crippen LogP contribution in [0, 0.1) is 13.8 Å². The minimum Gasteiger partial charge on any atom is -0.353 e. The molecule has 0 unspecified atom stereocenters. The van der Waals surface area contributed by atoms with Gasteiger partial charge in [0.1, 0.15) is 0 Å². The molecule has 0 atom stereocenters. The molecule has 8 heteroatoms. The zero-order valence-electron chi connectivity index (χ0n) is 20.3. The van der Waals surface area contributed by atoms with Crippen molar-refractivity contribution in [1.82, 2.24) is 24.5 Å². The summed E-state index contributed by atoms with van der Waals surface area (Å²) in [6, 6.07) is 13.7. The molecule has 0 bridgehead atoms. The number of amides is 1. The van der Waals surface area contributed by atoms with E-state index in [1.165, 1.54) is 43.9 Å². The number of rotatable bonds is 5. The number of nitrogens with one attached hydrogen (secondary N) is 1. The number of carbonyl (C=O) groups is 1. The van der Waals surface area contributed by atoms with E-state index in [1.54, 1.807) is 4.57 Å². The summed E-state index contributed by atoms with van der Waals surface area (Å²) in [5, 5.41) is 13.2. The van der Waals surface area contributed by atoms with Crippen molar-refractivity contribution < 1.29 is 4.79 Å². The molecule has 182 valence electrons. The van der Waals surface area contributed by atoms with Gasteiger partial charge in [0, 0.05) is 6.04 Å². The Hall–Kier alpha value is -3.13. The van der Waals surface area contributed by atoms with Gasteiger partial charge in [-0.2, -0.15) is 0 Å². The van der Waals surface area contributed by atoms with Crippen molar-refractivity contribution in [3.8, 4) is 5.69 Å². The normalized spacial score (nSPS) is 15.3. The van der Waals surface area contributed by atoms with E-state index in [1.807, 2.05) is 54.6 Å². The Morgan fingerprint density at radius 2 is 1.77 bits per heavy atom. The Labute approximate surface area is 208 Å². The molecule has 1 amide bonds. The topological polar surface area (TPSA) is 81.3 Å². The highest BCUT2D eigenvalue weighted by Gasteiger charge is 2.20. The molecule has 1 aliphatic rings. The van der Waals surface area contributed by atoms with Gasteiger partial charge in [-0.05, 0) is 50.5 Å². The second kappa shape index (κ2) is 10.2. The van der Waals surface area contributed by atoms with Crippen molar-refractivity contribution >= 4 is 34.3 Å². The molecule has 2 aromatic carbocycles. The minimum atomic E-state index is -0.133. The molecule has 0 radical (unpaired) electrons. The molecule has 2 heterocycles. The molecule has 1 fully saturated rings. The van der Waals surface area contributed by atoms with Gasteiger partial charge in [-0.15, -0.1) is 10.2 Å². The van der Waals surface area contributed by atoms with Crippen molar-refractivity contribution in [3.05, 3.63) is 63.9 Å². The molecule has 0 saturated heterocycles. The standard InChI is InChI=1S/C27H31N5O2S/c1-18-14-15-22(19(2)16-18)31-25(34)21-12-8-9-13-23(21)32-26(31)29-30-27(32)35-17-24(33)28-20-10-6-4-3-5-7-11-20/h8-9,12-16,20H,3-7,10-11,17H2,1-2H3,(H,28,33). The van der Waals surface area contributed by atoms with Crippen molar-refractivity contribution in [2.75, 3.05) is 5.75 Å². The van der Waals surface area contributed by atoms with Gasteiger partial charge in [0.05, 0.1) is 22.3 Å². The molecule has 35 heavy (non-hydrogen) atoms. The number of carbonyl (C=O) groups excluding carboxylic acids is 1. The Bertz CT molecular complexity index is 1430. The first kappa shape index (κ1) is 23.6. The fraction of sp³-hybridized carbons (Fsp3) is 0.407. The zero-order valence-corrected chi connectivity index (χ0v) is 21.1. The molecular weight excluding hydrogens is 458 g/mol. The van der Waals surface area contributed by atoms with E-state index in [-0.39, 0.29) is 23.3 Å². The molecule has 0 spiro atoms. The largest absolute Gasteiger partial charge is 0.353 e. The smallest absolute Gasteiger partial charge is 0.267 e. The van der Waals surface area contributed by atoms with Gasteiger partial charge in [0.15, 0.2) is 5.16 Å². The molecule has 1 saturated carbocycles. The summed E-state index contributed by atoms with van der Waals surface area (Å²) in [6.07, 6.45) is 8.26. The number of hydrogen-bond acceptors (Lipinski definition) is 5.